The van der Waals surface area contributed by atoms with Crippen LogP contribution >= 0.6 is 12.4 Å². The third-order valence-electron chi connectivity index (χ3n) is 3.95. The molecule has 0 bridgehead atoms. The summed E-state index contributed by atoms with van der Waals surface area (Å²) in [6.07, 6.45) is 3.95. The first-order valence-electron chi connectivity index (χ1n) is 7.65. The van der Waals surface area contributed by atoms with Gasteiger partial charge in [-0.25, -0.2) is 4.39 Å². The number of phenolic OH excluding ortho intramolecular Hbond substituents is 1. The molecular weight excluding hydrogens is 335 g/mol. The largest absolute Gasteiger partial charge is 0.505 e. The zero-order valence-electron chi connectivity index (χ0n) is 13.0. The Balaban J connectivity index is 0.00000208. The summed E-state index contributed by atoms with van der Waals surface area (Å²) in [6, 6.07) is 5.98. The minimum absolute atomic E-state index is 0. The van der Waals surface area contributed by atoms with Gasteiger partial charge in [-0.3, -0.25) is 9.48 Å². The molecule has 0 aliphatic carbocycles. The van der Waals surface area contributed by atoms with E-state index >= 15 is 0 Å². The molecule has 6 nitrogen and oxygen atoms in total. The Hall–Kier alpha value is -2.12. The fourth-order valence-corrected chi connectivity index (χ4v) is 2.65. The summed E-state index contributed by atoms with van der Waals surface area (Å²) in [5, 5.41) is 19.5. The number of aromatic hydroxyl groups is 1. The summed E-state index contributed by atoms with van der Waals surface area (Å²) in [7, 11) is 0. The molecule has 2 heterocycles. The molecule has 1 fully saturated rings. The van der Waals surface area contributed by atoms with Gasteiger partial charge in [0.2, 0.25) is 0 Å². The third-order valence-corrected chi connectivity index (χ3v) is 3.95. The SMILES string of the molecule is Cl.O=C(NCc1ccc(O)c(F)c1)c1ccn(C2CCCNC2)n1. The molecule has 1 aromatic carbocycles. The Morgan fingerprint density at radius 2 is 2.29 bits per heavy atom. The van der Waals surface area contributed by atoms with E-state index in [2.05, 4.69) is 15.7 Å². The quantitative estimate of drug-likeness (QED) is 0.784. The second-order valence-corrected chi connectivity index (χ2v) is 5.65. The van der Waals surface area contributed by atoms with E-state index in [0.29, 0.717) is 11.3 Å². The van der Waals surface area contributed by atoms with Gasteiger partial charge >= 0.3 is 0 Å². The molecule has 1 unspecified atom stereocenters. The standard InChI is InChI=1S/C16H19FN4O2.ClH/c17-13-8-11(3-4-15(13)22)9-19-16(23)14-5-7-21(20-14)12-2-1-6-18-10-12;/h3-5,7-8,12,18,22H,1-2,6,9-10H2,(H,19,23);1H. The highest BCUT2D eigenvalue weighted by molar-refractivity contribution is 5.92. The van der Waals surface area contributed by atoms with Crippen molar-refractivity contribution in [3.63, 3.8) is 0 Å². The van der Waals surface area contributed by atoms with Gasteiger partial charge in [0.15, 0.2) is 11.6 Å². The maximum atomic E-state index is 13.3. The number of aromatic nitrogens is 2. The number of phenols is 1. The minimum Gasteiger partial charge on any atom is -0.505 e. The van der Waals surface area contributed by atoms with E-state index in [1.807, 2.05) is 10.9 Å². The first kappa shape index (κ1) is 18.2. The van der Waals surface area contributed by atoms with Crippen LogP contribution in [0.5, 0.6) is 5.75 Å². The molecule has 1 amide bonds. The second kappa shape index (κ2) is 8.12. The van der Waals surface area contributed by atoms with Crippen LogP contribution in [0.15, 0.2) is 30.5 Å². The number of carbonyl (C=O) groups excluding carboxylic acids is 1. The van der Waals surface area contributed by atoms with Gasteiger partial charge in [-0.1, -0.05) is 6.07 Å². The van der Waals surface area contributed by atoms with E-state index in [-0.39, 0.29) is 30.9 Å². The maximum Gasteiger partial charge on any atom is 0.272 e. The van der Waals surface area contributed by atoms with E-state index < -0.39 is 11.6 Å². The highest BCUT2D eigenvalue weighted by Crippen LogP contribution is 2.17. The van der Waals surface area contributed by atoms with Crippen LogP contribution in [0.1, 0.15) is 34.9 Å². The van der Waals surface area contributed by atoms with Gasteiger partial charge in [0.05, 0.1) is 6.04 Å². The summed E-state index contributed by atoms with van der Waals surface area (Å²) >= 11 is 0. The van der Waals surface area contributed by atoms with Gasteiger partial charge in [0.1, 0.15) is 5.69 Å². The lowest BCUT2D eigenvalue weighted by Gasteiger charge is -2.22. The van der Waals surface area contributed by atoms with Gasteiger partial charge in [-0.15, -0.1) is 12.4 Å². The van der Waals surface area contributed by atoms with Crippen molar-refractivity contribution in [2.24, 2.45) is 0 Å². The number of nitrogens with zero attached hydrogens (tertiary/aromatic N) is 2. The van der Waals surface area contributed by atoms with Gasteiger partial charge in [0, 0.05) is 19.3 Å². The Labute approximate surface area is 145 Å². The number of halogens is 2. The van der Waals surface area contributed by atoms with Gasteiger partial charge < -0.3 is 15.7 Å². The molecule has 1 atom stereocenters. The van der Waals surface area contributed by atoms with E-state index in [4.69, 9.17) is 5.11 Å². The smallest absolute Gasteiger partial charge is 0.272 e. The number of rotatable bonds is 4. The molecule has 3 rings (SSSR count). The van der Waals surface area contributed by atoms with Crippen LogP contribution in [0.2, 0.25) is 0 Å². The molecule has 3 N–H and O–H groups in total. The molecule has 2 aromatic rings. The van der Waals surface area contributed by atoms with Crippen LogP contribution in [0.25, 0.3) is 0 Å². The fourth-order valence-electron chi connectivity index (χ4n) is 2.65. The van der Waals surface area contributed by atoms with Gasteiger partial charge in [0.25, 0.3) is 5.91 Å². The number of benzene rings is 1. The zero-order chi connectivity index (χ0) is 16.2. The highest BCUT2D eigenvalue weighted by Gasteiger charge is 2.17. The number of hydrogen-bond donors (Lipinski definition) is 3. The number of hydrogen-bond acceptors (Lipinski definition) is 4. The molecule has 1 aliphatic heterocycles. The normalized spacial score (nSPS) is 17.1. The highest BCUT2D eigenvalue weighted by atomic mass is 35.5. The molecule has 1 aliphatic rings. The number of amides is 1. The van der Waals surface area contributed by atoms with E-state index in [9.17, 15) is 9.18 Å². The Morgan fingerprint density at radius 1 is 1.46 bits per heavy atom. The van der Waals surface area contributed by atoms with Crippen molar-refractivity contribution in [1.82, 2.24) is 20.4 Å². The summed E-state index contributed by atoms with van der Waals surface area (Å²) < 4.78 is 15.1. The van der Waals surface area contributed by atoms with Crippen molar-refractivity contribution in [2.45, 2.75) is 25.4 Å². The first-order valence-corrected chi connectivity index (χ1v) is 7.65. The van der Waals surface area contributed by atoms with Gasteiger partial charge in [-0.2, -0.15) is 5.10 Å². The molecule has 24 heavy (non-hydrogen) atoms. The van der Waals surface area contributed by atoms with Crippen LogP contribution in [-0.2, 0) is 6.54 Å². The average molecular weight is 355 g/mol. The van der Waals surface area contributed by atoms with Crippen LogP contribution < -0.4 is 10.6 Å². The first-order chi connectivity index (χ1) is 11.1. The van der Waals surface area contributed by atoms with Crippen molar-refractivity contribution >= 4 is 18.3 Å². The second-order valence-electron chi connectivity index (χ2n) is 5.65. The molecule has 0 spiro atoms. The lowest BCUT2D eigenvalue weighted by molar-refractivity contribution is 0.0944. The number of piperidine rings is 1. The summed E-state index contributed by atoms with van der Waals surface area (Å²) in [5.74, 6) is -1.41. The Kier molecular flexibility index (Phi) is 6.16. The van der Waals surface area contributed by atoms with E-state index in [1.54, 1.807) is 12.1 Å². The average Bonchev–Trinajstić information content (AvgIpc) is 3.06. The molecule has 0 radical (unpaired) electrons. The van der Waals surface area contributed by atoms with Crippen molar-refractivity contribution in [1.29, 1.82) is 0 Å². The Bertz CT molecular complexity index is 701. The predicted octanol–water partition coefficient (Wildman–Crippen LogP) is 2.00. The molecule has 8 heteroatoms. The monoisotopic (exact) mass is 354 g/mol. The predicted molar refractivity (Wildman–Crippen MR) is 89.9 cm³/mol. The van der Waals surface area contributed by atoms with E-state index in [1.165, 1.54) is 12.1 Å². The Morgan fingerprint density at radius 3 is 3.00 bits per heavy atom. The fraction of sp³-hybridized carbons (Fsp3) is 0.375. The van der Waals surface area contributed by atoms with Crippen molar-refractivity contribution in [3.8, 4) is 5.75 Å². The molecular formula is C16H20ClFN4O2. The van der Waals surface area contributed by atoms with Crippen molar-refractivity contribution in [2.75, 3.05) is 13.1 Å². The van der Waals surface area contributed by atoms with Crippen LogP contribution in [0, 0.1) is 5.82 Å². The molecule has 130 valence electrons. The van der Waals surface area contributed by atoms with Crippen molar-refractivity contribution in [3.05, 3.63) is 47.5 Å². The van der Waals surface area contributed by atoms with Crippen LogP contribution in [-0.4, -0.2) is 33.9 Å². The lowest BCUT2D eigenvalue weighted by Crippen LogP contribution is -2.32. The van der Waals surface area contributed by atoms with Crippen molar-refractivity contribution < 1.29 is 14.3 Å². The molecule has 1 aromatic heterocycles. The number of carbonyl (C=O) groups is 1. The van der Waals surface area contributed by atoms with E-state index in [0.717, 1.165) is 25.9 Å². The van der Waals surface area contributed by atoms with Crippen LogP contribution in [0.4, 0.5) is 4.39 Å². The number of nitrogens with one attached hydrogen (secondary N) is 2. The third kappa shape index (κ3) is 4.24. The summed E-state index contributed by atoms with van der Waals surface area (Å²) in [6.45, 7) is 2.05. The topological polar surface area (TPSA) is 79.2 Å². The maximum absolute atomic E-state index is 13.3. The lowest BCUT2D eigenvalue weighted by atomic mass is 10.1. The molecule has 0 saturated carbocycles. The summed E-state index contributed by atoms with van der Waals surface area (Å²) in [5.41, 5.74) is 0.916. The molecule has 1 saturated heterocycles. The van der Waals surface area contributed by atoms with Gasteiger partial charge in [-0.05, 0) is 43.1 Å². The zero-order valence-corrected chi connectivity index (χ0v) is 13.9. The minimum atomic E-state index is -0.703. The van der Waals surface area contributed by atoms with Crippen LogP contribution in [0.3, 0.4) is 0 Å². The summed E-state index contributed by atoms with van der Waals surface area (Å²) in [4.78, 5) is 12.1.